The summed E-state index contributed by atoms with van der Waals surface area (Å²) in [7, 11) is -2.27. The molecule has 0 N–H and O–H groups in total. The van der Waals surface area contributed by atoms with E-state index in [1.165, 1.54) is 0 Å². The van der Waals surface area contributed by atoms with Gasteiger partial charge in [0.2, 0.25) is 0 Å². The molecule has 38 heavy (non-hydrogen) atoms. The number of rotatable bonds is 7. The normalized spacial score (nSPS) is 25.8. The lowest BCUT2D eigenvalue weighted by atomic mass is 9.82. The minimum Gasteiger partial charge on any atom is -0.327 e. The highest BCUT2D eigenvalue weighted by molar-refractivity contribution is 7.52. The third-order valence-corrected chi connectivity index (χ3v) is 11.1. The van der Waals surface area contributed by atoms with Crippen molar-refractivity contribution in [3.8, 4) is 0 Å². The summed E-state index contributed by atoms with van der Waals surface area (Å²) in [6.45, 7) is 4.24. The van der Waals surface area contributed by atoms with Gasteiger partial charge < -0.3 is 18.1 Å². The van der Waals surface area contributed by atoms with Gasteiger partial charge in [0.1, 0.15) is 0 Å². The zero-order chi connectivity index (χ0) is 26.0. The summed E-state index contributed by atoms with van der Waals surface area (Å²) >= 11 is 0. The topological polar surface area (TPSA) is 36.9 Å². The van der Waals surface area contributed by atoms with Gasteiger partial charge in [-0.25, -0.2) is 0 Å². The summed E-state index contributed by atoms with van der Waals surface area (Å²) in [6, 6.07) is 41.7. The molecule has 2 saturated heterocycles. The van der Waals surface area contributed by atoms with Crippen molar-refractivity contribution in [3.63, 3.8) is 0 Å². The summed E-state index contributed by atoms with van der Waals surface area (Å²) < 4.78 is 26.8. The van der Waals surface area contributed by atoms with Crippen LogP contribution in [0.4, 0.5) is 0 Å². The smallest absolute Gasteiger partial charge is 0.172 e. The van der Waals surface area contributed by atoms with Gasteiger partial charge in [-0.05, 0) is 36.1 Å². The first-order valence-electron chi connectivity index (χ1n) is 13.1. The Balaban J connectivity index is 1.23. The molecule has 6 heteroatoms. The first kappa shape index (κ1) is 25.8. The van der Waals surface area contributed by atoms with E-state index in [1.54, 1.807) is 0 Å². The lowest BCUT2D eigenvalue weighted by Crippen LogP contribution is -2.36. The zero-order valence-corrected chi connectivity index (χ0v) is 23.4. The van der Waals surface area contributed by atoms with Crippen molar-refractivity contribution in [2.45, 2.75) is 37.3 Å². The number of hydrogen-bond donors (Lipinski definition) is 0. The van der Waals surface area contributed by atoms with E-state index in [4.69, 9.17) is 18.1 Å². The van der Waals surface area contributed by atoms with Gasteiger partial charge in [0.05, 0.1) is 12.2 Å². The molecule has 0 bridgehead atoms. The molecule has 0 saturated carbocycles. The molecule has 0 aliphatic carbocycles. The fourth-order valence-corrected chi connectivity index (χ4v) is 9.75. The molecular formula is C32H32O4P2. The molecule has 0 aromatic heterocycles. The summed E-state index contributed by atoms with van der Waals surface area (Å²) in [5.41, 5.74) is 3.19. The monoisotopic (exact) mass is 542 g/mol. The van der Waals surface area contributed by atoms with Gasteiger partial charge in [0.15, 0.2) is 28.0 Å². The first-order chi connectivity index (χ1) is 18.6. The van der Waals surface area contributed by atoms with E-state index in [1.807, 2.05) is 24.3 Å². The van der Waals surface area contributed by atoms with Crippen LogP contribution in [0.1, 0.15) is 36.1 Å². The second kappa shape index (κ2) is 11.0. The molecule has 2 aliphatic heterocycles. The van der Waals surface area contributed by atoms with E-state index in [0.717, 1.165) is 34.6 Å². The van der Waals surface area contributed by atoms with Crippen LogP contribution in [0.3, 0.4) is 0 Å². The summed E-state index contributed by atoms with van der Waals surface area (Å²) in [4.78, 5) is 0. The predicted octanol–water partition coefficient (Wildman–Crippen LogP) is 8.37. The molecule has 0 unspecified atom stereocenters. The third kappa shape index (κ3) is 4.54. The quantitative estimate of drug-likeness (QED) is 0.220. The van der Waals surface area contributed by atoms with Crippen molar-refractivity contribution in [3.05, 3.63) is 144 Å². The van der Waals surface area contributed by atoms with Crippen molar-refractivity contribution < 1.29 is 18.1 Å². The van der Waals surface area contributed by atoms with Crippen LogP contribution in [0.15, 0.2) is 121 Å². The maximum Gasteiger partial charge on any atom is 0.172 e. The van der Waals surface area contributed by atoms with Crippen LogP contribution in [0.25, 0.3) is 0 Å². The molecule has 6 rings (SSSR count). The van der Waals surface area contributed by atoms with Crippen LogP contribution in [0.2, 0.25) is 0 Å². The highest BCUT2D eigenvalue weighted by atomic mass is 31.2. The van der Waals surface area contributed by atoms with E-state index in [2.05, 4.69) is 111 Å². The van der Waals surface area contributed by atoms with Gasteiger partial charge in [-0.3, -0.25) is 0 Å². The van der Waals surface area contributed by atoms with Gasteiger partial charge >= 0.3 is 0 Å². The van der Waals surface area contributed by atoms with E-state index in [9.17, 15) is 0 Å². The summed E-state index contributed by atoms with van der Waals surface area (Å²) in [5.74, 6) is 0. The van der Waals surface area contributed by atoms with Crippen molar-refractivity contribution in [1.82, 2.24) is 0 Å². The SMILES string of the molecule is C[C@@H]1O[P@@](CC[P@@]2O[C@@H](C)C(c3ccccc3)(c3ccccc3)O2)OC1(c1ccccc1)c1ccccc1. The van der Waals surface area contributed by atoms with Crippen LogP contribution in [-0.4, -0.2) is 24.5 Å². The highest BCUT2D eigenvalue weighted by Crippen LogP contribution is 2.64. The van der Waals surface area contributed by atoms with E-state index in [-0.39, 0.29) is 12.2 Å². The van der Waals surface area contributed by atoms with Crippen LogP contribution < -0.4 is 0 Å². The standard InChI is InChI=1S/C32H32O4P2/c1-25-31(27-15-7-3-8-16-27,28-17-9-4-10-18-28)35-37(33-25)23-24-38-34-26(2)32(36-38,29-19-11-5-12-20-29)30-21-13-6-14-22-30/h3-22,25-26H,23-24H2,1-2H3/t25-,26-,37-,38+/m0/s1. The Hall–Kier alpha value is -2.42. The Morgan fingerprint density at radius 1 is 0.474 bits per heavy atom. The summed E-state index contributed by atoms with van der Waals surface area (Å²) in [5, 5.41) is 0. The van der Waals surface area contributed by atoms with Crippen LogP contribution in [0, 0.1) is 0 Å². The Bertz CT molecular complexity index is 1140. The summed E-state index contributed by atoms with van der Waals surface area (Å²) in [6.07, 6.45) is 1.25. The number of benzene rings is 4. The molecule has 0 radical (unpaired) electrons. The molecule has 4 aromatic carbocycles. The Morgan fingerprint density at radius 2 is 0.737 bits per heavy atom. The largest absolute Gasteiger partial charge is 0.327 e. The Morgan fingerprint density at radius 3 is 1.00 bits per heavy atom. The lowest BCUT2D eigenvalue weighted by molar-refractivity contribution is 0.0856. The van der Waals surface area contributed by atoms with Crippen molar-refractivity contribution in [2.75, 3.05) is 12.3 Å². The average molecular weight is 543 g/mol. The molecule has 194 valence electrons. The first-order valence-corrected chi connectivity index (χ1v) is 15.8. The Kier molecular flexibility index (Phi) is 7.47. The minimum absolute atomic E-state index is 0.122. The van der Waals surface area contributed by atoms with Gasteiger partial charge in [-0.1, -0.05) is 121 Å². The van der Waals surface area contributed by atoms with Gasteiger partial charge in [0.25, 0.3) is 0 Å². The van der Waals surface area contributed by atoms with Gasteiger partial charge in [0, 0.05) is 12.3 Å². The van der Waals surface area contributed by atoms with Crippen LogP contribution >= 0.6 is 16.8 Å². The molecule has 2 heterocycles. The van der Waals surface area contributed by atoms with E-state index in [0.29, 0.717) is 0 Å². The van der Waals surface area contributed by atoms with Gasteiger partial charge in [-0.15, -0.1) is 0 Å². The molecule has 0 amide bonds. The van der Waals surface area contributed by atoms with Gasteiger partial charge in [-0.2, -0.15) is 0 Å². The van der Waals surface area contributed by atoms with Crippen molar-refractivity contribution in [1.29, 1.82) is 0 Å². The number of hydrogen-bond acceptors (Lipinski definition) is 4. The third-order valence-electron chi connectivity index (χ3n) is 7.46. The molecule has 0 spiro atoms. The second-order valence-electron chi connectivity index (χ2n) is 9.73. The maximum atomic E-state index is 6.88. The maximum absolute atomic E-state index is 6.88. The molecule has 2 fully saturated rings. The fraction of sp³-hybridized carbons (Fsp3) is 0.250. The molecule has 4 nitrogen and oxygen atoms in total. The Labute approximate surface area is 227 Å². The van der Waals surface area contributed by atoms with E-state index < -0.39 is 28.0 Å². The molecule has 2 aliphatic rings. The predicted molar refractivity (Wildman–Crippen MR) is 154 cm³/mol. The van der Waals surface area contributed by atoms with Crippen molar-refractivity contribution >= 4 is 16.8 Å². The van der Waals surface area contributed by atoms with Crippen molar-refractivity contribution in [2.24, 2.45) is 0 Å². The van der Waals surface area contributed by atoms with Crippen LogP contribution in [-0.2, 0) is 29.3 Å². The zero-order valence-electron chi connectivity index (χ0n) is 21.6. The second-order valence-corrected chi connectivity index (χ2v) is 12.7. The fourth-order valence-electron chi connectivity index (χ4n) is 5.60. The average Bonchev–Trinajstić information content (AvgIpc) is 3.51. The highest BCUT2D eigenvalue weighted by Gasteiger charge is 2.53. The minimum atomic E-state index is -1.13. The molecule has 4 aromatic rings. The molecular weight excluding hydrogens is 510 g/mol. The van der Waals surface area contributed by atoms with E-state index >= 15 is 0 Å². The molecule has 4 atom stereocenters. The lowest BCUT2D eigenvalue weighted by Gasteiger charge is -2.32. The van der Waals surface area contributed by atoms with Crippen LogP contribution in [0.5, 0.6) is 0 Å².